The van der Waals surface area contributed by atoms with Gasteiger partial charge in [0.15, 0.2) is 0 Å². The Morgan fingerprint density at radius 1 is 1.19 bits per heavy atom. The molecule has 1 aliphatic heterocycles. The molecule has 1 aromatic heterocycles. The molecule has 0 unspecified atom stereocenters. The zero-order valence-electron chi connectivity index (χ0n) is 20.4. The van der Waals surface area contributed by atoms with Crippen molar-refractivity contribution in [3.63, 3.8) is 0 Å². The van der Waals surface area contributed by atoms with Gasteiger partial charge in [0.2, 0.25) is 10.0 Å². The van der Waals surface area contributed by atoms with Gasteiger partial charge in [0.05, 0.1) is 31.3 Å². The smallest absolute Gasteiger partial charge is 0.340 e. The molecule has 4 rings (SSSR count). The second-order valence-corrected chi connectivity index (χ2v) is 10.8. The van der Waals surface area contributed by atoms with E-state index in [9.17, 15) is 22.7 Å². The Hall–Kier alpha value is -3.15. The zero-order chi connectivity index (χ0) is 26.0. The fourth-order valence-electron chi connectivity index (χ4n) is 4.19. The number of sulfonamides is 1. The van der Waals surface area contributed by atoms with E-state index in [1.165, 1.54) is 40.7 Å². The molecule has 0 saturated carbocycles. The van der Waals surface area contributed by atoms with Gasteiger partial charge in [-0.1, -0.05) is 0 Å². The summed E-state index contributed by atoms with van der Waals surface area (Å²) < 4.78 is 57.7. The summed E-state index contributed by atoms with van der Waals surface area (Å²) in [5, 5.41) is 10.2. The number of furan rings is 1. The molecular weight excluding hydrogens is 491 g/mol. The molecule has 0 amide bonds. The number of carboxylic acid groups (broad SMARTS) is 1. The van der Waals surface area contributed by atoms with Gasteiger partial charge in [-0.05, 0) is 44.2 Å². The molecule has 36 heavy (non-hydrogen) atoms. The van der Waals surface area contributed by atoms with E-state index < -0.39 is 21.8 Å². The van der Waals surface area contributed by atoms with Crippen molar-refractivity contribution in [3.05, 3.63) is 47.8 Å². The maximum Gasteiger partial charge on any atom is 0.340 e. The molecule has 0 atom stereocenters. The third-order valence-electron chi connectivity index (χ3n) is 5.84. The third kappa shape index (κ3) is 5.63. The Kier molecular flexibility index (Phi) is 7.53. The standard InChI is InChI=1S/C25H29FN2O7S/c1-16(2)34-22-14-19-21(35-24(23(19)25(29)30)17-4-6-18(26)7-5-17)15-20(22)28(36(3,31)32)9-8-27-10-12-33-13-11-27/h4-7,14-16H,8-13H2,1-3H3,(H,29,30). The van der Waals surface area contributed by atoms with Gasteiger partial charge in [0.1, 0.15) is 28.5 Å². The number of hydrogen-bond donors (Lipinski definition) is 1. The van der Waals surface area contributed by atoms with Crippen LogP contribution in [-0.2, 0) is 14.8 Å². The maximum absolute atomic E-state index is 13.5. The quantitative estimate of drug-likeness (QED) is 0.454. The lowest BCUT2D eigenvalue weighted by molar-refractivity contribution is 0.0395. The Bertz CT molecular complexity index is 1350. The topological polar surface area (TPSA) is 110 Å². The number of carbonyl (C=O) groups is 1. The first kappa shape index (κ1) is 25.9. The predicted octanol–water partition coefficient (Wildman–Crippen LogP) is 3.82. The number of benzene rings is 2. The van der Waals surface area contributed by atoms with Crippen molar-refractivity contribution in [1.82, 2.24) is 4.90 Å². The van der Waals surface area contributed by atoms with E-state index in [-0.39, 0.29) is 46.4 Å². The Morgan fingerprint density at radius 2 is 1.86 bits per heavy atom. The number of ether oxygens (including phenoxy) is 2. The molecule has 2 heterocycles. The molecule has 0 bridgehead atoms. The molecule has 1 N–H and O–H groups in total. The Morgan fingerprint density at radius 3 is 2.44 bits per heavy atom. The number of anilines is 1. The van der Waals surface area contributed by atoms with E-state index in [0.29, 0.717) is 38.4 Å². The highest BCUT2D eigenvalue weighted by Gasteiger charge is 2.28. The molecule has 0 radical (unpaired) electrons. The van der Waals surface area contributed by atoms with E-state index in [2.05, 4.69) is 4.90 Å². The normalized spacial score (nSPS) is 14.9. The van der Waals surface area contributed by atoms with Crippen LogP contribution < -0.4 is 9.04 Å². The largest absolute Gasteiger partial charge is 0.489 e. The average molecular weight is 521 g/mol. The van der Waals surface area contributed by atoms with Crippen LogP contribution in [0, 0.1) is 5.82 Å². The lowest BCUT2D eigenvalue weighted by atomic mass is 10.0. The van der Waals surface area contributed by atoms with E-state index >= 15 is 0 Å². The number of carboxylic acids is 1. The number of nitrogens with zero attached hydrogens (tertiary/aromatic N) is 2. The predicted molar refractivity (Wildman–Crippen MR) is 134 cm³/mol. The first-order chi connectivity index (χ1) is 17.0. The highest BCUT2D eigenvalue weighted by molar-refractivity contribution is 7.92. The minimum Gasteiger partial charge on any atom is -0.489 e. The SMILES string of the molecule is CC(C)Oc1cc2c(C(=O)O)c(-c3ccc(F)cc3)oc2cc1N(CCN1CCOCC1)S(C)(=O)=O. The lowest BCUT2D eigenvalue weighted by Crippen LogP contribution is -2.43. The van der Waals surface area contributed by atoms with Crippen molar-refractivity contribution in [2.45, 2.75) is 20.0 Å². The number of fused-ring (bicyclic) bond motifs is 1. The highest BCUT2D eigenvalue weighted by Crippen LogP contribution is 2.41. The van der Waals surface area contributed by atoms with Crippen LogP contribution >= 0.6 is 0 Å². The summed E-state index contributed by atoms with van der Waals surface area (Å²) in [5.41, 5.74) is 0.697. The van der Waals surface area contributed by atoms with Gasteiger partial charge in [-0.15, -0.1) is 0 Å². The van der Waals surface area contributed by atoms with Gasteiger partial charge >= 0.3 is 5.97 Å². The molecule has 1 fully saturated rings. The minimum absolute atomic E-state index is 0.0457. The number of aromatic carboxylic acids is 1. The van der Waals surface area contributed by atoms with Crippen LogP contribution in [0.25, 0.3) is 22.3 Å². The van der Waals surface area contributed by atoms with Crippen LogP contribution in [0.4, 0.5) is 10.1 Å². The minimum atomic E-state index is -3.73. The lowest BCUT2D eigenvalue weighted by Gasteiger charge is -2.31. The van der Waals surface area contributed by atoms with Gasteiger partial charge < -0.3 is 19.0 Å². The summed E-state index contributed by atoms with van der Waals surface area (Å²) in [7, 11) is -3.73. The van der Waals surface area contributed by atoms with Crippen molar-refractivity contribution in [2.75, 3.05) is 50.0 Å². The molecule has 2 aromatic carbocycles. The van der Waals surface area contributed by atoms with Crippen LogP contribution in [0.2, 0.25) is 0 Å². The second kappa shape index (κ2) is 10.5. The fourth-order valence-corrected chi connectivity index (χ4v) is 5.11. The summed E-state index contributed by atoms with van der Waals surface area (Å²) in [6.45, 7) is 6.81. The van der Waals surface area contributed by atoms with Crippen LogP contribution in [-0.4, -0.2) is 76.1 Å². The summed E-state index contributed by atoms with van der Waals surface area (Å²) in [6.07, 6.45) is 0.809. The maximum atomic E-state index is 13.5. The molecule has 0 aliphatic carbocycles. The summed E-state index contributed by atoms with van der Waals surface area (Å²) in [4.78, 5) is 14.3. The first-order valence-corrected chi connectivity index (χ1v) is 13.4. The number of halogens is 1. The van der Waals surface area contributed by atoms with Gasteiger partial charge in [-0.2, -0.15) is 0 Å². The second-order valence-electron chi connectivity index (χ2n) is 8.89. The Labute approximate surface area is 209 Å². The molecule has 1 aliphatic rings. The van der Waals surface area contributed by atoms with Crippen molar-refractivity contribution in [1.29, 1.82) is 0 Å². The molecular formula is C25H29FN2O7S. The molecule has 9 nitrogen and oxygen atoms in total. The molecule has 194 valence electrons. The van der Waals surface area contributed by atoms with Crippen molar-refractivity contribution in [3.8, 4) is 17.1 Å². The number of hydrogen-bond acceptors (Lipinski definition) is 7. The summed E-state index contributed by atoms with van der Waals surface area (Å²) in [5.74, 6) is -1.43. The van der Waals surface area contributed by atoms with E-state index in [1.54, 1.807) is 13.8 Å². The van der Waals surface area contributed by atoms with Gasteiger partial charge in [0, 0.05) is 43.2 Å². The first-order valence-electron chi connectivity index (χ1n) is 11.6. The van der Waals surface area contributed by atoms with Gasteiger partial charge in [-0.3, -0.25) is 9.21 Å². The number of rotatable bonds is 9. The molecule has 11 heteroatoms. The van der Waals surface area contributed by atoms with Crippen molar-refractivity contribution in [2.24, 2.45) is 0 Å². The molecule has 1 saturated heterocycles. The fraction of sp³-hybridized carbons (Fsp3) is 0.400. The summed E-state index contributed by atoms with van der Waals surface area (Å²) in [6, 6.07) is 8.27. The van der Waals surface area contributed by atoms with Gasteiger partial charge in [0.25, 0.3) is 0 Å². The van der Waals surface area contributed by atoms with Crippen LogP contribution in [0.15, 0.2) is 40.8 Å². The van der Waals surface area contributed by atoms with E-state index in [4.69, 9.17) is 13.9 Å². The highest BCUT2D eigenvalue weighted by atomic mass is 32.2. The monoisotopic (exact) mass is 520 g/mol. The molecule has 3 aromatic rings. The third-order valence-corrected chi connectivity index (χ3v) is 7.02. The van der Waals surface area contributed by atoms with Crippen molar-refractivity contribution < 1.29 is 36.6 Å². The van der Waals surface area contributed by atoms with Crippen LogP contribution in [0.5, 0.6) is 5.75 Å². The number of morpholine rings is 1. The van der Waals surface area contributed by atoms with E-state index in [0.717, 1.165) is 6.26 Å². The Balaban J connectivity index is 1.85. The van der Waals surface area contributed by atoms with Crippen molar-refractivity contribution >= 4 is 32.6 Å². The van der Waals surface area contributed by atoms with E-state index in [1.807, 2.05) is 0 Å². The van der Waals surface area contributed by atoms with Crippen LogP contribution in [0.1, 0.15) is 24.2 Å². The average Bonchev–Trinajstić information content (AvgIpc) is 3.17. The summed E-state index contributed by atoms with van der Waals surface area (Å²) >= 11 is 0. The van der Waals surface area contributed by atoms with Crippen LogP contribution in [0.3, 0.4) is 0 Å². The molecule has 0 spiro atoms. The zero-order valence-corrected chi connectivity index (χ0v) is 21.2. The van der Waals surface area contributed by atoms with Gasteiger partial charge in [-0.25, -0.2) is 17.6 Å².